The molecule has 158 valence electrons. The second-order valence-corrected chi connectivity index (χ2v) is 9.20. The van der Waals surface area contributed by atoms with E-state index in [1.807, 2.05) is 30.3 Å². The van der Waals surface area contributed by atoms with Gasteiger partial charge in [0.1, 0.15) is 6.04 Å². The van der Waals surface area contributed by atoms with Gasteiger partial charge in [-0.3, -0.25) is 4.79 Å². The summed E-state index contributed by atoms with van der Waals surface area (Å²) < 4.78 is 28.5. The molecule has 3 N–H and O–H groups in total. The number of para-hydroxylation sites is 2. The van der Waals surface area contributed by atoms with E-state index in [1.165, 1.54) is 24.3 Å². The van der Waals surface area contributed by atoms with Gasteiger partial charge < -0.3 is 10.3 Å². The summed E-state index contributed by atoms with van der Waals surface area (Å²) in [5.74, 6) is -0.450. The van der Waals surface area contributed by atoms with Crippen molar-refractivity contribution in [2.45, 2.75) is 17.4 Å². The molecule has 3 aromatic carbocycles. The van der Waals surface area contributed by atoms with Gasteiger partial charge >= 0.3 is 0 Å². The van der Waals surface area contributed by atoms with Crippen molar-refractivity contribution in [3.8, 4) is 0 Å². The summed E-state index contributed by atoms with van der Waals surface area (Å²) in [6.45, 7) is 0. The number of hydrogen-bond donors (Lipinski definition) is 3. The van der Waals surface area contributed by atoms with Crippen molar-refractivity contribution in [3.63, 3.8) is 0 Å². The number of hydrogen-bond acceptors (Lipinski definition) is 3. The first kappa shape index (κ1) is 21.1. The minimum Gasteiger partial charge on any atom is -0.361 e. The fourth-order valence-corrected chi connectivity index (χ4v) is 4.65. The van der Waals surface area contributed by atoms with Gasteiger partial charge in [-0.05, 0) is 54.4 Å². The van der Waals surface area contributed by atoms with Crippen LogP contribution in [0.15, 0.2) is 90.0 Å². The number of H-pyrrole nitrogens is 1. The predicted octanol–water partition coefficient (Wildman–Crippen LogP) is 4.35. The first-order valence-electron chi connectivity index (χ1n) is 9.61. The number of carbonyl (C=O) groups excluding carboxylic acids is 1. The van der Waals surface area contributed by atoms with Crippen LogP contribution < -0.4 is 10.0 Å². The van der Waals surface area contributed by atoms with Crippen LogP contribution in [0.5, 0.6) is 0 Å². The summed E-state index contributed by atoms with van der Waals surface area (Å²) in [4.78, 5) is 16.3. The normalized spacial score (nSPS) is 12.5. The number of carbonyl (C=O) groups is 1. The summed E-state index contributed by atoms with van der Waals surface area (Å²) in [5, 5.41) is 4.15. The maximum Gasteiger partial charge on any atom is 0.242 e. The SMILES string of the molecule is O=C(Nc1ccccc1)C(Cc1c[nH]c2ccccc12)NS(=O)(=O)c1ccc(Cl)cc1. The van der Waals surface area contributed by atoms with E-state index in [1.54, 1.807) is 30.5 Å². The maximum absolute atomic E-state index is 13.1. The average Bonchev–Trinajstić information content (AvgIpc) is 3.17. The molecule has 0 bridgehead atoms. The Morgan fingerprint density at radius 2 is 1.61 bits per heavy atom. The molecule has 0 fully saturated rings. The zero-order valence-corrected chi connectivity index (χ0v) is 18.0. The zero-order chi connectivity index (χ0) is 21.8. The highest BCUT2D eigenvalue weighted by Crippen LogP contribution is 2.21. The zero-order valence-electron chi connectivity index (χ0n) is 16.4. The molecule has 1 amide bonds. The van der Waals surface area contributed by atoms with Crippen LogP contribution in [0.25, 0.3) is 10.9 Å². The standard InChI is InChI=1S/C23H20ClN3O3S/c24-17-10-12-19(13-11-17)31(29,30)27-22(23(28)26-18-6-2-1-3-7-18)14-16-15-25-21-9-5-4-8-20(16)21/h1-13,15,22,25,27H,14H2,(H,26,28). The van der Waals surface area contributed by atoms with Gasteiger partial charge in [-0.15, -0.1) is 0 Å². The second-order valence-electron chi connectivity index (χ2n) is 7.05. The predicted molar refractivity (Wildman–Crippen MR) is 123 cm³/mol. The van der Waals surface area contributed by atoms with Crippen molar-refractivity contribution in [2.24, 2.45) is 0 Å². The van der Waals surface area contributed by atoms with Gasteiger partial charge in [0.05, 0.1) is 4.90 Å². The Bertz CT molecular complexity index is 1300. The number of sulfonamides is 1. The van der Waals surface area contributed by atoms with Crippen molar-refractivity contribution in [1.82, 2.24) is 9.71 Å². The number of anilines is 1. The van der Waals surface area contributed by atoms with E-state index in [0.29, 0.717) is 10.7 Å². The molecule has 0 spiro atoms. The van der Waals surface area contributed by atoms with E-state index in [0.717, 1.165) is 16.5 Å². The smallest absolute Gasteiger partial charge is 0.242 e. The number of fused-ring (bicyclic) bond motifs is 1. The third-order valence-electron chi connectivity index (χ3n) is 4.88. The summed E-state index contributed by atoms with van der Waals surface area (Å²) in [5.41, 5.74) is 2.34. The Morgan fingerprint density at radius 1 is 0.935 bits per heavy atom. The largest absolute Gasteiger partial charge is 0.361 e. The van der Waals surface area contributed by atoms with Crippen LogP contribution in [0, 0.1) is 0 Å². The Hall–Kier alpha value is -3.13. The Morgan fingerprint density at radius 3 is 2.35 bits per heavy atom. The quantitative estimate of drug-likeness (QED) is 0.388. The third-order valence-corrected chi connectivity index (χ3v) is 6.62. The number of benzene rings is 3. The van der Waals surface area contributed by atoms with E-state index >= 15 is 0 Å². The summed E-state index contributed by atoms with van der Waals surface area (Å²) in [6.07, 6.45) is 1.97. The van der Waals surface area contributed by atoms with Gasteiger partial charge in [-0.2, -0.15) is 4.72 Å². The fraction of sp³-hybridized carbons (Fsp3) is 0.0870. The average molecular weight is 454 g/mol. The third kappa shape index (κ3) is 4.96. The highest BCUT2D eigenvalue weighted by molar-refractivity contribution is 7.89. The molecule has 0 aliphatic heterocycles. The molecular weight excluding hydrogens is 434 g/mol. The van der Waals surface area contributed by atoms with Gasteiger partial charge in [0.15, 0.2) is 0 Å². The molecule has 0 radical (unpaired) electrons. The molecule has 1 heterocycles. The molecule has 0 aliphatic rings. The summed E-state index contributed by atoms with van der Waals surface area (Å²) in [7, 11) is -3.95. The molecule has 4 rings (SSSR count). The van der Waals surface area contributed by atoms with Crippen molar-refractivity contribution in [2.75, 3.05) is 5.32 Å². The van der Waals surface area contributed by atoms with Gasteiger partial charge in [-0.1, -0.05) is 48.0 Å². The number of rotatable bonds is 7. The highest BCUT2D eigenvalue weighted by Gasteiger charge is 2.27. The molecule has 0 saturated heterocycles. The van der Waals surface area contributed by atoms with Gasteiger partial charge in [0.25, 0.3) is 0 Å². The number of aromatic amines is 1. The van der Waals surface area contributed by atoms with Gasteiger partial charge in [-0.25, -0.2) is 8.42 Å². The van der Waals surface area contributed by atoms with Crippen LogP contribution in [0.1, 0.15) is 5.56 Å². The number of nitrogens with one attached hydrogen (secondary N) is 3. The molecule has 31 heavy (non-hydrogen) atoms. The lowest BCUT2D eigenvalue weighted by Gasteiger charge is -2.18. The molecule has 6 nitrogen and oxygen atoms in total. The van der Waals surface area contributed by atoms with Crippen LogP contribution >= 0.6 is 11.6 Å². The van der Waals surface area contributed by atoms with E-state index in [-0.39, 0.29) is 11.3 Å². The molecule has 1 unspecified atom stereocenters. The van der Waals surface area contributed by atoms with Crippen molar-refractivity contribution in [3.05, 3.63) is 95.6 Å². The Balaban J connectivity index is 1.64. The van der Waals surface area contributed by atoms with Crippen molar-refractivity contribution in [1.29, 1.82) is 0 Å². The Kier molecular flexibility index (Phi) is 6.08. The van der Waals surface area contributed by atoms with Gasteiger partial charge in [0, 0.05) is 27.8 Å². The van der Waals surface area contributed by atoms with Crippen LogP contribution in [0.2, 0.25) is 5.02 Å². The molecule has 1 aromatic heterocycles. The number of halogens is 1. The maximum atomic E-state index is 13.1. The minimum atomic E-state index is -3.95. The second kappa shape index (κ2) is 8.93. The molecule has 0 saturated carbocycles. The summed E-state index contributed by atoms with van der Waals surface area (Å²) in [6, 6.07) is 21.4. The topological polar surface area (TPSA) is 91.1 Å². The van der Waals surface area contributed by atoms with Gasteiger partial charge in [0.2, 0.25) is 15.9 Å². The first-order valence-corrected chi connectivity index (χ1v) is 11.5. The lowest BCUT2D eigenvalue weighted by Crippen LogP contribution is -2.45. The van der Waals surface area contributed by atoms with Crippen LogP contribution in [0.4, 0.5) is 5.69 Å². The lowest BCUT2D eigenvalue weighted by molar-refractivity contribution is -0.117. The number of aromatic nitrogens is 1. The molecule has 4 aromatic rings. The first-order chi connectivity index (χ1) is 14.9. The molecule has 0 aliphatic carbocycles. The van der Waals surface area contributed by atoms with E-state index < -0.39 is 22.0 Å². The van der Waals surface area contributed by atoms with Crippen LogP contribution in [-0.2, 0) is 21.2 Å². The minimum absolute atomic E-state index is 0.0355. The fourth-order valence-electron chi connectivity index (χ4n) is 3.33. The highest BCUT2D eigenvalue weighted by atomic mass is 35.5. The summed E-state index contributed by atoms with van der Waals surface area (Å²) >= 11 is 5.88. The van der Waals surface area contributed by atoms with Crippen LogP contribution in [-0.4, -0.2) is 25.4 Å². The lowest BCUT2D eigenvalue weighted by atomic mass is 10.0. The molecule has 8 heteroatoms. The van der Waals surface area contributed by atoms with Crippen LogP contribution in [0.3, 0.4) is 0 Å². The monoisotopic (exact) mass is 453 g/mol. The van der Waals surface area contributed by atoms with E-state index in [4.69, 9.17) is 11.6 Å². The van der Waals surface area contributed by atoms with Crippen molar-refractivity contribution < 1.29 is 13.2 Å². The molecule has 1 atom stereocenters. The Labute approximate surface area is 185 Å². The van der Waals surface area contributed by atoms with Crippen molar-refractivity contribution >= 4 is 44.1 Å². The molecular formula is C23H20ClN3O3S. The van der Waals surface area contributed by atoms with E-state index in [9.17, 15) is 13.2 Å². The number of amides is 1. The van der Waals surface area contributed by atoms with E-state index in [2.05, 4.69) is 15.0 Å².